The summed E-state index contributed by atoms with van der Waals surface area (Å²) in [5.74, 6) is 0.838. The summed E-state index contributed by atoms with van der Waals surface area (Å²) in [6.45, 7) is 2.98. The van der Waals surface area contributed by atoms with Crippen LogP contribution >= 0.6 is 11.8 Å². The van der Waals surface area contributed by atoms with Gasteiger partial charge < -0.3 is 11.1 Å². The first-order valence-corrected chi connectivity index (χ1v) is 7.39. The average Bonchev–Trinajstić information content (AvgIpc) is 2.81. The number of thioether (sulfide) groups is 1. The molecular formula is C13H21N3S. The van der Waals surface area contributed by atoms with Crippen molar-refractivity contribution in [3.63, 3.8) is 0 Å². The van der Waals surface area contributed by atoms with Crippen molar-refractivity contribution in [2.45, 2.75) is 37.4 Å². The van der Waals surface area contributed by atoms with E-state index < -0.39 is 0 Å². The van der Waals surface area contributed by atoms with Gasteiger partial charge in [-0.05, 0) is 37.7 Å². The van der Waals surface area contributed by atoms with E-state index in [0.717, 1.165) is 23.6 Å². The Kier molecular flexibility index (Phi) is 3.82. The molecule has 3 N–H and O–H groups in total. The summed E-state index contributed by atoms with van der Waals surface area (Å²) in [6.07, 6.45) is 9.31. The number of aryl methyl sites for hydroxylation is 1. The van der Waals surface area contributed by atoms with Crippen molar-refractivity contribution in [1.82, 2.24) is 4.98 Å². The molecule has 0 aliphatic heterocycles. The molecule has 3 nitrogen and oxygen atoms in total. The summed E-state index contributed by atoms with van der Waals surface area (Å²) < 4.78 is 0.387. The van der Waals surface area contributed by atoms with E-state index in [-0.39, 0.29) is 0 Å². The van der Waals surface area contributed by atoms with Crippen LogP contribution < -0.4 is 11.1 Å². The Balaban J connectivity index is 2.04. The molecule has 0 aromatic carbocycles. The van der Waals surface area contributed by atoms with Crippen molar-refractivity contribution >= 4 is 23.3 Å². The number of pyridine rings is 1. The molecule has 4 heteroatoms. The summed E-state index contributed by atoms with van der Waals surface area (Å²) in [4.78, 5) is 4.32. The summed E-state index contributed by atoms with van der Waals surface area (Å²) >= 11 is 1.98. The minimum absolute atomic E-state index is 0.387. The number of aromatic nitrogens is 1. The topological polar surface area (TPSA) is 50.9 Å². The van der Waals surface area contributed by atoms with E-state index in [1.54, 1.807) is 0 Å². The molecule has 0 radical (unpaired) electrons. The molecule has 1 aliphatic carbocycles. The Morgan fingerprint density at radius 2 is 2.18 bits per heavy atom. The SMILES string of the molecule is CSC1(CNc2nccc(C)c2N)CCCC1. The lowest BCUT2D eigenvalue weighted by atomic mass is 10.1. The first-order chi connectivity index (χ1) is 8.17. The van der Waals surface area contributed by atoms with Gasteiger partial charge in [0.15, 0.2) is 0 Å². The zero-order chi connectivity index (χ0) is 12.3. The van der Waals surface area contributed by atoms with Crippen LogP contribution in [0.3, 0.4) is 0 Å². The summed E-state index contributed by atoms with van der Waals surface area (Å²) in [7, 11) is 0. The normalized spacial score (nSPS) is 18.2. The van der Waals surface area contributed by atoms with Crippen molar-refractivity contribution < 1.29 is 0 Å². The van der Waals surface area contributed by atoms with Crippen LogP contribution in [0.25, 0.3) is 0 Å². The fraction of sp³-hybridized carbons (Fsp3) is 0.615. The van der Waals surface area contributed by atoms with Crippen molar-refractivity contribution in [1.29, 1.82) is 0 Å². The van der Waals surface area contributed by atoms with Crippen LogP contribution in [-0.2, 0) is 0 Å². The highest BCUT2D eigenvalue weighted by Crippen LogP contribution is 2.40. The van der Waals surface area contributed by atoms with E-state index >= 15 is 0 Å². The Morgan fingerprint density at radius 3 is 2.82 bits per heavy atom. The summed E-state index contributed by atoms with van der Waals surface area (Å²) in [6, 6.07) is 1.94. The van der Waals surface area contributed by atoms with Gasteiger partial charge in [-0.25, -0.2) is 4.98 Å². The maximum atomic E-state index is 6.02. The molecule has 1 aliphatic rings. The number of anilines is 2. The Morgan fingerprint density at radius 1 is 1.47 bits per heavy atom. The van der Waals surface area contributed by atoms with E-state index in [4.69, 9.17) is 5.73 Å². The van der Waals surface area contributed by atoms with Gasteiger partial charge in [-0.3, -0.25) is 0 Å². The van der Waals surface area contributed by atoms with Gasteiger partial charge in [0.05, 0.1) is 5.69 Å². The second-order valence-electron chi connectivity index (χ2n) is 4.84. The van der Waals surface area contributed by atoms with E-state index in [1.165, 1.54) is 25.7 Å². The molecule has 2 rings (SSSR count). The van der Waals surface area contributed by atoms with Crippen LogP contribution in [0, 0.1) is 6.92 Å². The third-order valence-electron chi connectivity index (χ3n) is 3.73. The number of rotatable bonds is 4. The first-order valence-electron chi connectivity index (χ1n) is 6.17. The van der Waals surface area contributed by atoms with Crippen molar-refractivity contribution in [2.75, 3.05) is 23.9 Å². The maximum absolute atomic E-state index is 6.02. The van der Waals surface area contributed by atoms with Gasteiger partial charge in [0, 0.05) is 17.5 Å². The van der Waals surface area contributed by atoms with Gasteiger partial charge in [-0.15, -0.1) is 0 Å². The third kappa shape index (κ3) is 2.68. The van der Waals surface area contributed by atoms with E-state index in [2.05, 4.69) is 16.6 Å². The summed E-state index contributed by atoms with van der Waals surface area (Å²) in [5, 5.41) is 3.43. The van der Waals surface area contributed by atoms with Crippen LogP contribution in [0.5, 0.6) is 0 Å². The molecule has 1 fully saturated rings. The van der Waals surface area contributed by atoms with Gasteiger partial charge in [-0.2, -0.15) is 11.8 Å². The predicted octanol–water partition coefficient (Wildman–Crippen LogP) is 3.06. The lowest BCUT2D eigenvalue weighted by Crippen LogP contribution is -2.30. The van der Waals surface area contributed by atoms with Gasteiger partial charge in [0.25, 0.3) is 0 Å². The molecule has 0 unspecified atom stereocenters. The maximum Gasteiger partial charge on any atom is 0.149 e. The lowest BCUT2D eigenvalue weighted by Gasteiger charge is -2.27. The lowest BCUT2D eigenvalue weighted by molar-refractivity contribution is 0.639. The molecule has 1 aromatic heterocycles. The number of nitrogen functional groups attached to an aromatic ring is 1. The van der Waals surface area contributed by atoms with Crippen LogP contribution in [0.4, 0.5) is 11.5 Å². The second kappa shape index (κ2) is 5.17. The van der Waals surface area contributed by atoms with Crippen molar-refractivity contribution in [3.8, 4) is 0 Å². The molecule has 0 saturated heterocycles. The fourth-order valence-corrected chi connectivity index (χ4v) is 3.34. The highest BCUT2D eigenvalue weighted by Gasteiger charge is 2.32. The molecule has 17 heavy (non-hydrogen) atoms. The number of nitrogens with one attached hydrogen (secondary N) is 1. The number of nitrogens with two attached hydrogens (primary N) is 1. The first kappa shape index (κ1) is 12.6. The van der Waals surface area contributed by atoms with Gasteiger partial charge >= 0.3 is 0 Å². The molecule has 0 spiro atoms. The van der Waals surface area contributed by atoms with Gasteiger partial charge in [-0.1, -0.05) is 12.8 Å². The van der Waals surface area contributed by atoms with Crippen molar-refractivity contribution in [3.05, 3.63) is 17.8 Å². The minimum Gasteiger partial charge on any atom is -0.396 e. The second-order valence-corrected chi connectivity index (χ2v) is 6.11. The minimum atomic E-state index is 0.387. The molecule has 94 valence electrons. The molecular weight excluding hydrogens is 230 g/mol. The van der Waals surface area contributed by atoms with Crippen molar-refractivity contribution in [2.24, 2.45) is 0 Å². The zero-order valence-corrected chi connectivity index (χ0v) is 11.4. The van der Waals surface area contributed by atoms with Crippen LogP contribution in [0.1, 0.15) is 31.2 Å². The van der Waals surface area contributed by atoms with Crippen LogP contribution in [0.15, 0.2) is 12.3 Å². The monoisotopic (exact) mass is 251 g/mol. The molecule has 1 heterocycles. The van der Waals surface area contributed by atoms with Crippen LogP contribution in [0.2, 0.25) is 0 Å². The standard InChI is InChI=1S/C13H21N3S/c1-10-5-8-15-12(11(10)14)16-9-13(17-2)6-3-4-7-13/h5,8H,3-4,6-7,9,14H2,1-2H3,(H,15,16). The number of hydrogen-bond acceptors (Lipinski definition) is 4. The molecule has 1 saturated carbocycles. The van der Waals surface area contributed by atoms with Gasteiger partial charge in [0.1, 0.15) is 5.82 Å². The zero-order valence-electron chi connectivity index (χ0n) is 10.6. The van der Waals surface area contributed by atoms with E-state index in [1.807, 2.05) is 30.9 Å². The Hall–Kier alpha value is -0.900. The molecule has 0 atom stereocenters. The Bertz CT molecular complexity index is 386. The smallest absolute Gasteiger partial charge is 0.149 e. The fourth-order valence-electron chi connectivity index (χ4n) is 2.43. The Labute approximate surface area is 108 Å². The average molecular weight is 251 g/mol. The quantitative estimate of drug-likeness (QED) is 0.863. The number of nitrogens with zero attached hydrogens (tertiary/aromatic N) is 1. The van der Waals surface area contributed by atoms with E-state index in [0.29, 0.717) is 4.75 Å². The number of hydrogen-bond donors (Lipinski definition) is 2. The largest absolute Gasteiger partial charge is 0.396 e. The molecule has 0 bridgehead atoms. The molecule has 1 aromatic rings. The highest BCUT2D eigenvalue weighted by atomic mass is 32.2. The van der Waals surface area contributed by atoms with Gasteiger partial charge in [0.2, 0.25) is 0 Å². The van der Waals surface area contributed by atoms with E-state index in [9.17, 15) is 0 Å². The highest BCUT2D eigenvalue weighted by molar-refractivity contribution is 8.00. The van der Waals surface area contributed by atoms with Crippen LogP contribution in [-0.4, -0.2) is 22.5 Å². The molecule has 0 amide bonds. The summed E-state index contributed by atoms with van der Waals surface area (Å²) in [5.41, 5.74) is 7.89. The predicted molar refractivity (Wildman–Crippen MR) is 76.6 cm³/mol. The third-order valence-corrected chi connectivity index (χ3v) is 5.15.